The molecule has 0 bridgehead atoms. The summed E-state index contributed by atoms with van der Waals surface area (Å²) in [5.74, 6) is 0.338. The fraction of sp³-hybridized carbons (Fsp3) is 0.655. The Morgan fingerprint density at radius 1 is 1.19 bits per heavy atom. The summed E-state index contributed by atoms with van der Waals surface area (Å²) >= 11 is 0. The van der Waals surface area contributed by atoms with E-state index in [1.54, 1.807) is 7.05 Å². The first kappa shape index (κ1) is 28.2. The van der Waals surface area contributed by atoms with E-state index in [0.717, 1.165) is 55.0 Å². The minimum atomic E-state index is -0.485. The summed E-state index contributed by atoms with van der Waals surface area (Å²) in [6, 6.07) is 4.09. The van der Waals surface area contributed by atoms with E-state index in [1.165, 1.54) is 18.6 Å². The van der Waals surface area contributed by atoms with Crippen LogP contribution in [-0.4, -0.2) is 53.4 Å². The predicted molar refractivity (Wildman–Crippen MR) is 144 cm³/mol. The summed E-state index contributed by atoms with van der Waals surface area (Å²) in [7, 11) is 1.76. The Morgan fingerprint density at radius 2 is 1.92 bits per heavy atom. The molecule has 2 aliphatic rings. The number of likely N-dealkylation sites (tertiary alicyclic amines) is 1. The molecule has 1 aliphatic heterocycles. The molecule has 2 heterocycles. The molecule has 7 heteroatoms. The van der Waals surface area contributed by atoms with Gasteiger partial charge in [0.15, 0.2) is 0 Å². The molecule has 2 amide bonds. The Bertz CT molecular complexity index is 1030. The van der Waals surface area contributed by atoms with Crippen molar-refractivity contribution in [3.05, 3.63) is 35.8 Å². The highest BCUT2D eigenvalue weighted by Gasteiger charge is 2.44. The standard InChI is InChI=1S/C28H41FN4O2.CH4/c1-5-21(23-16-31-24-15-20(29)11-12-22(23)24)26-17(2)13-14-33(26)28(35)25(19-9-7-6-8-10-19)32-27(34)18(3)30-4;/h11-12,15-19,21,25-26,30-31H,5-10,13-14H2,1-4H3,(H,32,34);1H4/t17?,18-,21+,25?,26-;/m0./s1. The summed E-state index contributed by atoms with van der Waals surface area (Å²) < 4.78 is 13.8. The van der Waals surface area contributed by atoms with Gasteiger partial charge in [0.2, 0.25) is 11.8 Å². The van der Waals surface area contributed by atoms with Crippen molar-refractivity contribution in [1.82, 2.24) is 20.5 Å². The zero-order valence-electron chi connectivity index (χ0n) is 21.6. The van der Waals surface area contributed by atoms with Crippen LogP contribution in [0.25, 0.3) is 10.9 Å². The number of nitrogens with one attached hydrogen (secondary N) is 3. The number of fused-ring (bicyclic) bond motifs is 1. The van der Waals surface area contributed by atoms with Gasteiger partial charge in [-0.2, -0.15) is 0 Å². The number of nitrogens with zero attached hydrogens (tertiary/aromatic N) is 1. The molecule has 2 unspecified atom stereocenters. The van der Waals surface area contributed by atoms with Crippen LogP contribution in [0, 0.1) is 17.7 Å². The summed E-state index contributed by atoms with van der Waals surface area (Å²) in [4.78, 5) is 32.3. The largest absolute Gasteiger partial charge is 0.361 e. The van der Waals surface area contributed by atoms with Crippen LogP contribution >= 0.6 is 0 Å². The summed E-state index contributed by atoms with van der Waals surface area (Å²) in [6.07, 6.45) is 9.17. The molecule has 200 valence electrons. The minimum absolute atomic E-state index is 0. The topological polar surface area (TPSA) is 77.2 Å². The van der Waals surface area contributed by atoms with Gasteiger partial charge in [0, 0.05) is 35.6 Å². The average Bonchev–Trinajstić information content (AvgIpc) is 3.46. The van der Waals surface area contributed by atoms with Crippen LogP contribution in [0.5, 0.6) is 0 Å². The lowest BCUT2D eigenvalue weighted by Crippen LogP contribution is -2.57. The number of likely N-dealkylation sites (N-methyl/N-ethyl adjacent to an activating group) is 1. The summed E-state index contributed by atoms with van der Waals surface area (Å²) in [5, 5.41) is 7.15. The van der Waals surface area contributed by atoms with Crippen molar-refractivity contribution in [2.24, 2.45) is 11.8 Å². The molecule has 6 nitrogen and oxygen atoms in total. The second-order valence-corrected chi connectivity index (χ2v) is 10.6. The highest BCUT2D eigenvalue weighted by Crippen LogP contribution is 2.41. The Balaban J connectivity index is 0.00000361. The monoisotopic (exact) mass is 500 g/mol. The number of amides is 2. The molecular formula is C29H45FN4O2. The SMILES string of the molecule is C.CC[C@H](c1c[nH]c2cc(F)ccc12)[C@@H]1C(C)CCN1C(=O)C(NC(=O)[C@H](C)NC)C1CCCCC1. The van der Waals surface area contributed by atoms with Gasteiger partial charge in [0.1, 0.15) is 11.9 Å². The number of benzene rings is 1. The van der Waals surface area contributed by atoms with Crippen LogP contribution in [-0.2, 0) is 9.59 Å². The molecule has 36 heavy (non-hydrogen) atoms. The lowest BCUT2D eigenvalue weighted by molar-refractivity contribution is -0.140. The molecule has 4 rings (SSSR count). The van der Waals surface area contributed by atoms with Crippen LogP contribution in [0.1, 0.15) is 84.6 Å². The summed E-state index contributed by atoms with van der Waals surface area (Å²) in [6.45, 7) is 6.92. The van der Waals surface area contributed by atoms with E-state index < -0.39 is 6.04 Å². The zero-order valence-corrected chi connectivity index (χ0v) is 21.6. The van der Waals surface area contributed by atoms with Gasteiger partial charge in [0.25, 0.3) is 0 Å². The third-order valence-corrected chi connectivity index (χ3v) is 8.49. The molecule has 2 aromatic rings. The predicted octanol–water partition coefficient (Wildman–Crippen LogP) is 5.35. The average molecular weight is 501 g/mol. The van der Waals surface area contributed by atoms with E-state index in [2.05, 4.69) is 34.4 Å². The van der Waals surface area contributed by atoms with Crippen LogP contribution < -0.4 is 10.6 Å². The highest BCUT2D eigenvalue weighted by atomic mass is 19.1. The number of rotatable bonds is 8. The van der Waals surface area contributed by atoms with E-state index in [-0.39, 0.29) is 49.0 Å². The Kier molecular flexibility index (Phi) is 9.56. The number of H-pyrrole nitrogens is 1. The van der Waals surface area contributed by atoms with E-state index in [0.29, 0.717) is 12.5 Å². The molecule has 3 N–H and O–H groups in total. The Labute approximate surface area is 215 Å². The van der Waals surface area contributed by atoms with Gasteiger partial charge in [-0.05, 0) is 75.3 Å². The number of aromatic amines is 1. The maximum atomic E-state index is 14.2. The molecule has 1 aliphatic carbocycles. The number of halogens is 1. The number of aromatic nitrogens is 1. The quantitative estimate of drug-likeness (QED) is 0.457. The van der Waals surface area contributed by atoms with Crippen molar-refractivity contribution >= 4 is 22.7 Å². The van der Waals surface area contributed by atoms with E-state index in [9.17, 15) is 14.0 Å². The van der Waals surface area contributed by atoms with Crippen molar-refractivity contribution in [3.63, 3.8) is 0 Å². The molecular weight excluding hydrogens is 455 g/mol. The van der Waals surface area contributed by atoms with Crippen molar-refractivity contribution in [2.45, 2.75) is 97.2 Å². The van der Waals surface area contributed by atoms with Gasteiger partial charge in [-0.15, -0.1) is 0 Å². The molecule has 1 saturated carbocycles. The number of carbonyl (C=O) groups is 2. The van der Waals surface area contributed by atoms with Gasteiger partial charge in [-0.25, -0.2) is 4.39 Å². The Morgan fingerprint density at radius 3 is 2.58 bits per heavy atom. The van der Waals surface area contributed by atoms with Crippen LogP contribution in [0.3, 0.4) is 0 Å². The third-order valence-electron chi connectivity index (χ3n) is 8.49. The molecule has 0 radical (unpaired) electrons. The van der Waals surface area contributed by atoms with Crippen molar-refractivity contribution in [3.8, 4) is 0 Å². The van der Waals surface area contributed by atoms with E-state index in [4.69, 9.17) is 0 Å². The van der Waals surface area contributed by atoms with Crippen LogP contribution in [0.2, 0.25) is 0 Å². The van der Waals surface area contributed by atoms with Gasteiger partial charge < -0.3 is 20.5 Å². The molecule has 1 aromatic heterocycles. The van der Waals surface area contributed by atoms with Crippen LogP contribution in [0.15, 0.2) is 24.4 Å². The number of carbonyl (C=O) groups excluding carboxylic acids is 2. The molecule has 2 fully saturated rings. The van der Waals surface area contributed by atoms with Gasteiger partial charge in [-0.1, -0.05) is 40.5 Å². The molecule has 1 aromatic carbocycles. The first-order valence-corrected chi connectivity index (χ1v) is 13.4. The van der Waals surface area contributed by atoms with E-state index in [1.807, 2.05) is 19.2 Å². The minimum Gasteiger partial charge on any atom is -0.361 e. The third kappa shape index (κ3) is 5.61. The first-order chi connectivity index (χ1) is 16.8. The number of hydrogen-bond donors (Lipinski definition) is 3. The Hall–Kier alpha value is -2.41. The molecule has 5 atom stereocenters. The lowest BCUT2D eigenvalue weighted by Gasteiger charge is -2.38. The van der Waals surface area contributed by atoms with Crippen LogP contribution in [0.4, 0.5) is 4.39 Å². The second kappa shape index (κ2) is 12.2. The smallest absolute Gasteiger partial charge is 0.245 e. The van der Waals surface area contributed by atoms with E-state index >= 15 is 0 Å². The van der Waals surface area contributed by atoms with Gasteiger partial charge in [0.05, 0.1) is 6.04 Å². The molecule has 0 spiro atoms. The molecule has 1 saturated heterocycles. The first-order valence-electron chi connectivity index (χ1n) is 13.4. The second-order valence-electron chi connectivity index (χ2n) is 10.6. The van der Waals surface area contributed by atoms with Crippen molar-refractivity contribution in [1.29, 1.82) is 0 Å². The summed E-state index contributed by atoms with van der Waals surface area (Å²) in [5.41, 5.74) is 1.93. The highest BCUT2D eigenvalue weighted by molar-refractivity contribution is 5.90. The van der Waals surface area contributed by atoms with Crippen molar-refractivity contribution < 1.29 is 14.0 Å². The fourth-order valence-corrected chi connectivity index (χ4v) is 6.35. The zero-order chi connectivity index (χ0) is 25.1. The normalized spacial score (nSPS) is 23.2. The maximum absolute atomic E-state index is 14.2. The lowest BCUT2D eigenvalue weighted by atomic mass is 9.81. The van der Waals surface area contributed by atoms with Gasteiger partial charge in [-0.3, -0.25) is 9.59 Å². The fourth-order valence-electron chi connectivity index (χ4n) is 6.35. The number of hydrogen-bond acceptors (Lipinski definition) is 3. The maximum Gasteiger partial charge on any atom is 0.245 e. The van der Waals surface area contributed by atoms with Crippen molar-refractivity contribution in [2.75, 3.05) is 13.6 Å². The van der Waals surface area contributed by atoms with Gasteiger partial charge >= 0.3 is 0 Å².